The normalized spacial score (nSPS) is 10.6. The molecule has 0 saturated heterocycles. The molecule has 0 unspecified atom stereocenters. The summed E-state index contributed by atoms with van der Waals surface area (Å²) in [6.07, 6.45) is 0. The van der Waals surface area contributed by atoms with Gasteiger partial charge in [-0.3, -0.25) is 9.59 Å². The smallest absolute Gasteiger partial charge is 0.243 e. The second kappa shape index (κ2) is 11.4. The molecule has 0 fully saturated rings. The maximum Gasteiger partial charge on any atom is 0.243 e. The summed E-state index contributed by atoms with van der Waals surface area (Å²) >= 11 is 1.17. The predicted octanol–water partition coefficient (Wildman–Crippen LogP) is 4.67. The maximum atomic E-state index is 12.3. The molecule has 3 aromatic carbocycles. The van der Waals surface area contributed by atoms with Crippen molar-refractivity contribution in [3.63, 3.8) is 0 Å². The van der Waals surface area contributed by atoms with E-state index in [0.29, 0.717) is 16.5 Å². The highest BCUT2D eigenvalue weighted by atomic mass is 32.2. The van der Waals surface area contributed by atoms with Crippen LogP contribution in [0.4, 0.5) is 5.69 Å². The summed E-state index contributed by atoms with van der Waals surface area (Å²) in [6, 6.07) is 25.2. The zero-order chi connectivity index (χ0) is 24.6. The molecule has 0 aliphatic carbocycles. The summed E-state index contributed by atoms with van der Waals surface area (Å²) in [5.41, 5.74) is 6.03. The molecule has 0 aliphatic rings. The van der Waals surface area contributed by atoms with Crippen LogP contribution in [-0.4, -0.2) is 39.3 Å². The fourth-order valence-corrected chi connectivity index (χ4v) is 4.02. The molecule has 176 valence electrons. The molecule has 7 nitrogen and oxygen atoms in total. The zero-order valence-electron chi connectivity index (χ0n) is 19.5. The van der Waals surface area contributed by atoms with E-state index in [4.69, 9.17) is 4.98 Å². The van der Waals surface area contributed by atoms with Crippen molar-refractivity contribution < 1.29 is 9.59 Å². The van der Waals surface area contributed by atoms with Gasteiger partial charge < -0.3 is 10.6 Å². The number of nitrogens with one attached hydrogen (secondary N) is 2. The summed E-state index contributed by atoms with van der Waals surface area (Å²) in [5.74, 6) is -0.506. The molecule has 0 bridgehead atoms. The van der Waals surface area contributed by atoms with Crippen molar-refractivity contribution in [3.8, 4) is 22.5 Å². The molecule has 4 aromatic rings. The van der Waals surface area contributed by atoms with Crippen LogP contribution < -0.4 is 10.6 Å². The van der Waals surface area contributed by atoms with Crippen LogP contribution in [0.25, 0.3) is 22.5 Å². The van der Waals surface area contributed by atoms with Gasteiger partial charge in [-0.05, 0) is 31.0 Å². The Balaban J connectivity index is 1.39. The molecular formula is C27H25N5O2S. The first kappa shape index (κ1) is 24.1. The molecule has 0 atom stereocenters. The van der Waals surface area contributed by atoms with Crippen molar-refractivity contribution in [2.75, 3.05) is 17.6 Å². The SMILES string of the molecule is Cc1cccc(NC(=O)CNC(=O)CSc2nnc(-c3ccccc3)c(-c3ccccc3)n2)c1C. The first-order valence-electron chi connectivity index (χ1n) is 11.1. The Morgan fingerprint density at radius 2 is 1.43 bits per heavy atom. The highest BCUT2D eigenvalue weighted by Gasteiger charge is 2.15. The molecule has 4 rings (SSSR count). The van der Waals surface area contributed by atoms with Crippen LogP contribution in [0.2, 0.25) is 0 Å². The van der Waals surface area contributed by atoms with E-state index in [2.05, 4.69) is 20.8 Å². The van der Waals surface area contributed by atoms with Crippen molar-refractivity contribution in [3.05, 3.63) is 90.0 Å². The van der Waals surface area contributed by atoms with E-state index in [0.717, 1.165) is 27.9 Å². The van der Waals surface area contributed by atoms with Crippen molar-refractivity contribution in [2.24, 2.45) is 0 Å². The molecule has 35 heavy (non-hydrogen) atoms. The minimum Gasteiger partial charge on any atom is -0.346 e. The zero-order valence-corrected chi connectivity index (χ0v) is 20.3. The number of carbonyl (C=O) groups excluding carboxylic acids is 2. The number of hydrogen-bond acceptors (Lipinski definition) is 6. The Kier molecular flexibility index (Phi) is 7.84. The third kappa shape index (κ3) is 6.30. The number of nitrogens with zero attached hydrogens (tertiary/aromatic N) is 3. The largest absolute Gasteiger partial charge is 0.346 e. The third-order valence-corrected chi connectivity index (χ3v) is 6.26. The van der Waals surface area contributed by atoms with E-state index in [1.807, 2.05) is 92.7 Å². The standard InChI is InChI=1S/C27H25N5O2S/c1-18-10-9-15-22(19(18)2)29-23(33)16-28-24(34)17-35-27-30-25(20-11-5-3-6-12-20)26(31-32-27)21-13-7-4-8-14-21/h3-15H,16-17H2,1-2H3,(H,28,34)(H,29,33). The molecule has 2 amide bonds. The van der Waals surface area contributed by atoms with Gasteiger partial charge in [-0.2, -0.15) is 0 Å². The van der Waals surface area contributed by atoms with Crippen molar-refractivity contribution in [2.45, 2.75) is 19.0 Å². The Morgan fingerprint density at radius 3 is 2.11 bits per heavy atom. The Morgan fingerprint density at radius 1 is 0.771 bits per heavy atom. The van der Waals surface area contributed by atoms with E-state index in [-0.39, 0.29) is 24.1 Å². The minimum atomic E-state index is -0.289. The Bertz CT molecular complexity index is 1330. The summed E-state index contributed by atoms with van der Waals surface area (Å²) in [4.78, 5) is 29.3. The number of thioether (sulfide) groups is 1. The second-order valence-corrected chi connectivity index (χ2v) is 8.83. The van der Waals surface area contributed by atoms with Crippen LogP contribution in [0.5, 0.6) is 0 Å². The second-order valence-electron chi connectivity index (χ2n) is 7.88. The van der Waals surface area contributed by atoms with Gasteiger partial charge in [0.25, 0.3) is 0 Å². The molecule has 0 aliphatic heterocycles. The van der Waals surface area contributed by atoms with Crippen LogP contribution in [0.3, 0.4) is 0 Å². The lowest BCUT2D eigenvalue weighted by atomic mass is 10.0. The van der Waals surface area contributed by atoms with Crippen LogP contribution in [-0.2, 0) is 9.59 Å². The van der Waals surface area contributed by atoms with Crippen molar-refractivity contribution >= 4 is 29.3 Å². The molecule has 0 radical (unpaired) electrons. The number of anilines is 1. The van der Waals surface area contributed by atoms with Gasteiger partial charge in [-0.25, -0.2) is 4.98 Å². The van der Waals surface area contributed by atoms with Crippen LogP contribution in [0, 0.1) is 13.8 Å². The number of aryl methyl sites for hydroxylation is 1. The Hall–Kier alpha value is -4.04. The average molecular weight is 484 g/mol. The number of rotatable bonds is 8. The monoisotopic (exact) mass is 483 g/mol. The number of aromatic nitrogens is 3. The quantitative estimate of drug-likeness (QED) is 0.354. The predicted molar refractivity (Wildman–Crippen MR) is 139 cm³/mol. The van der Waals surface area contributed by atoms with E-state index in [1.54, 1.807) is 0 Å². The molecule has 0 saturated carbocycles. The number of amides is 2. The molecule has 1 aromatic heterocycles. The van der Waals surface area contributed by atoms with E-state index < -0.39 is 0 Å². The fourth-order valence-electron chi connectivity index (χ4n) is 3.40. The van der Waals surface area contributed by atoms with Gasteiger partial charge in [-0.15, -0.1) is 10.2 Å². The third-order valence-electron chi connectivity index (χ3n) is 5.42. The van der Waals surface area contributed by atoms with Crippen LogP contribution in [0.15, 0.2) is 84.0 Å². The fraction of sp³-hybridized carbons (Fsp3) is 0.148. The molecule has 2 N–H and O–H groups in total. The lowest BCUT2D eigenvalue weighted by Gasteiger charge is -2.11. The summed E-state index contributed by atoms with van der Waals surface area (Å²) in [6.45, 7) is 3.81. The van der Waals surface area contributed by atoms with Gasteiger partial charge in [0, 0.05) is 16.8 Å². The van der Waals surface area contributed by atoms with Crippen LogP contribution in [0.1, 0.15) is 11.1 Å². The number of carbonyl (C=O) groups is 2. The van der Waals surface area contributed by atoms with Gasteiger partial charge in [0.2, 0.25) is 17.0 Å². The van der Waals surface area contributed by atoms with E-state index >= 15 is 0 Å². The molecule has 8 heteroatoms. The van der Waals surface area contributed by atoms with Crippen LogP contribution >= 0.6 is 11.8 Å². The first-order valence-corrected chi connectivity index (χ1v) is 12.1. The highest BCUT2D eigenvalue weighted by molar-refractivity contribution is 7.99. The van der Waals surface area contributed by atoms with Gasteiger partial charge in [0.05, 0.1) is 12.3 Å². The van der Waals surface area contributed by atoms with E-state index in [1.165, 1.54) is 11.8 Å². The molecule has 0 spiro atoms. The van der Waals surface area contributed by atoms with Gasteiger partial charge in [0.1, 0.15) is 11.4 Å². The minimum absolute atomic E-state index is 0.0668. The first-order chi connectivity index (χ1) is 17.0. The van der Waals surface area contributed by atoms with Crippen molar-refractivity contribution in [1.82, 2.24) is 20.5 Å². The number of hydrogen-bond donors (Lipinski definition) is 2. The van der Waals surface area contributed by atoms with Gasteiger partial charge in [-0.1, -0.05) is 84.6 Å². The lowest BCUT2D eigenvalue weighted by molar-refractivity contribution is -0.122. The van der Waals surface area contributed by atoms with E-state index in [9.17, 15) is 9.59 Å². The summed E-state index contributed by atoms with van der Waals surface area (Å²) in [7, 11) is 0. The summed E-state index contributed by atoms with van der Waals surface area (Å²) in [5, 5.41) is 14.5. The molecule has 1 heterocycles. The lowest BCUT2D eigenvalue weighted by Crippen LogP contribution is -2.34. The highest BCUT2D eigenvalue weighted by Crippen LogP contribution is 2.29. The molecular weight excluding hydrogens is 458 g/mol. The average Bonchev–Trinajstić information content (AvgIpc) is 2.90. The maximum absolute atomic E-state index is 12.3. The number of benzene rings is 3. The van der Waals surface area contributed by atoms with Crippen molar-refractivity contribution in [1.29, 1.82) is 0 Å². The Labute approximate surface area is 208 Å². The topological polar surface area (TPSA) is 96.9 Å². The van der Waals surface area contributed by atoms with Gasteiger partial charge >= 0.3 is 0 Å². The van der Waals surface area contributed by atoms with Gasteiger partial charge in [0.15, 0.2) is 0 Å². The summed E-state index contributed by atoms with van der Waals surface area (Å²) < 4.78 is 0.